The van der Waals surface area contributed by atoms with Gasteiger partial charge in [-0.2, -0.15) is 17.6 Å². The molecule has 0 amide bonds. The molecule has 0 spiro atoms. The molecule has 0 aromatic heterocycles. The Balaban J connectivity index is 4.73. The molecule has 0 fully saturated rings. The fraction of sp³-hybridized carbons (Fsp3) is 0.833. The van der Waals surface area contributed by atoms with Gasteiger partial charge in [0, 0.05) is 0 Å². The highest BCUT2D eigenvalue weighted by molar-refractivity contribution is 5.07. The van der Waals surface area contributed by atoms with Crippen LogP contribution in [0.25, 0.3) is 0 Å². The van der Waals surface area contributed by atoms with Gasteiger partial charge in [0.1, 0.15) is 6.67 Å². The predicted octanol–water partition coefficient (Wildman–Crippen LogP) is 3.04. The minimum atomic E-state index is -5.33. The van der Waals surface area contributed by atoms with Crippen molar-refractivity contribution >= 4 is 0 Å². The summed E-state index contributed by atoms with van der Waals surface area (Å²) in [6.45, 7) is -5.09. The van der Waals surface area contributed by atoms with Crippen LogP contribution in [0.5, 0.6) is 0 Å². The smallest absolute Gasteiger partial charge is 0.248 e. The van der Waals surface area contributed by atoms with Crippen molar-refractivity contribution in [2.45, 2.75) is 18.0 Å². The molecular formula is C6H5F8. The van der Waals surface area contributed by atoms with Crippen molar-refractivity contribution in [2.24, 2.45) is 0 Å². The van der Waals surface area contributed by atoms with E-state index in [0.717, 1.165) is 0 Å². The molecule has 0 aromatic rings. The van der Waals surface area contributed by atoms with Gasteiger partial charge in [-0.05, 0) is 0 Å². The second-order valence-corrected chi connectivity index (χ2v) is 2.40. The Kier molecular flexibility index (Phi) is 4.14. The first kappa shape index (κ1) is 13.4. The van der Waals surface area contributed by atoms with Gasteiger partial charge >= 0.3 is 11.8 Å². The van der Waals surface area contributed by atoms with Crippen LogP contribution >= 0.6 is 0 Å². The van der Waals surface area contributed by atoms with Crippen molar-refractivity contribution in [1.82, 2.24) is 0 Å². The van der Waals surface area contributed by atoms with Crippen LogP contribution in [-0.4, -0.2) is 31.4 Å². The van der Waals surface area contributed by atoms with Crippen LogP contribution in [0.2, 0.25) is 0 Å². The fourth-order valence-electron chi connectivity index (χ4n) is 0.537. The zero-order valence-corrected chi connectivity index (χ0v) is 6.52. The van der Waals surface area contributed by atoms with Crippen LogP contribution < -0.4 is 0 Å². The highest BCUT2D eigenvalue weighted by Crippen LogP contribution is 2.43. The van der Waals surface area contributed by atoms with Gasteiger partial charge in [0.15, 0.2) is 12.8 Å². The molecule has 0 aliphatic carbocycles. The Morgan fingerprint density at radius 3 is 1.79 bits per heavy atom. The zero-order chi connectivity index (χ0) is 11.6. The SMILES string of the molecule is FCC(F)C(F)(F)[C](F)C(F)(F)CF. The zero-order valence-electron chi connectivity index (χ0n) is 6.52. The maximum atomic E-state index is 12.2. The van der Waals surface area contributed by atoms with Crippen molar-refractivity contribution in [2.75, 3.05) is 13.3 Å². The highest BCUT2D eigenvalue weighted by Gasteiger charge is 2.61. The van der Waals surface area contributed by atoms with Crippen LogP contribution in [0.3, 0.4) is 0 Å². The van der Waals surface area contributed by atoms with Gasteiger partial charge in [-0.15, -0.1) is 0 Å². The number of rotatable bonds is 5. The van der Waals surface area contributed by atoms with E-state index in [0.29, 0.717) is 0 Å². The van der Waals surface area contributed by atoms with E-state index >= 15 is 0 Å². The van der Waals surface area contributed by atoms with Crippen molar-refractivity contribution in [3.05, 3.63) is 6.17 Å². The molecule has 1 atom stereocenters. The Labute approximate surface area is 73.9 Å². The highest BCUT2D eigenvalue weighted by atomic mass is 19.3. The Morgan fingerprint density at radius 2 is 1.50 bits per heavy atom. The van der Waals surface area contributed by atoms with Gasteiger partial charge in [0.25, 0.3) is 6.17 Å². The van der Waals surface area contributed by atoms with Gasteiger partial charge in [0.05, 0.1) is 0 Å². The molecule has 0 bridgehead atoms. The molecular weight excluding hydrogens is 224 g/mol. The van der Waals surface area contributed by atoms with Crippen LogP contribution in [0.4, 0.5) is 35.1 Å². The average molecular weight is 229 g/mol. The van der Waals surface area contributed by atoms with Crippen molar-refractivity contribution in [3.63, 3.8) is 0 Å². The maximum absolute atomic E-state index is 12.2. The monoisotopic (exact) mass is 229 g/mol. The van der Waals surface area contributed by atoms with Gasteiger partial charge < -0.3 is 0 Å². The van der Waals surface area contributed by atoms with E-state index in [9.17, 15) is 35.1 Å². The van der Waals surface area contributed by atoms with E-state index in [4.69, 9.17) is 0 Å². The largest absolute Gasteiger partial charge is 0.324 e. The lowest BCUT2D eigenvalue weighted by molar-refractivity contribution is -0.158. The second kappa shape index (κ2) is 4.31. The van der Waals surface area contributed by atoms with Crippen LogP contribution in [0.1, 0.15) is 0 Å². The Morgan fingerprint density at radius 1 is 1.07 bits per heavy atom. The lowest BCUT2D eigenvalue weighted by Gasteiger charge is -2.25. The average Bonchev–Trinajstić information content (AvgIpc) is 2.15. The van der Waals surface area contributed by atoms with E-state index < -0.39 is 37.5 Å². The molecule has 0 rings (SSSR count). The summed E-state index contributed by atoms with van der Waals surface area (Å²) in [5.74, 6) is -10.4. The summed E-state index contributed by atoms with van der Waals surface area (Å²) in [7, 11) is 0. The second-order valence-electron chi connectivity index (χ2n) is 2.40. The Hall–Kier alpha value is -0.560. The molecule has 0 saturated carbocycles. The minimum absolute atomic E-state index is 2.34. The molecule has 1 radical (unpaired) electrons. The molecule has 0 heterocycles. The predicted molar refractivity (Wildman–Crippen MR) is 31.1 cm³/mol. The summed E-state index contributed by atoms with van der Waals surface area (Å²) < 4.78 is 95.3. The van der Waals surface area contributed by atoms with Crippen LogP contribution in [0.15, 0.2) is 0 Å². The number of halogens is 8. The molecule has 0 aliphatic rings. The van der Waals surface area contributed by atoms with Crippen LogP contribution in [-0.2, 0) is 0 Å². The van der Waals surface area contributed by atoms with Gasteiger partial charge in [-0.1, -0.05) is 0 Å². The summed E-state index contributed by atoms with van der Waals surface area (Å²) in [5.41, 5.74) is 0. The molecule has 85 valence electrons. The molecule has 14 heavy (non-hydrogen) atoms. The standard InChI is InChI=1S/C6H5F8/c7-1-3(9)6(13,14)4(10)5(11,12)2-8/h3H,1-2H2. The number of hydrogen-bond donors (Lipinski definition) is 0. The van der Waals surface area contributed by atoms with E-state index in [2.05, 4.69) is 0 Å². The first-order chi connectivity index (χ1) is 6.20. The third-order valence-corrected chi connectivity index (χ3v) is 1.31. The Bertz CT molecular complexity index is 179. The minimum Gasteiger partial charge on any atom is -0.248 e. The topological polar surface area (TPSA) is 0 Å². The first-order valence-corrected chi connectivity index (χ1v) is 3.25. The van der Waals surface area contributed by atoms with E-state index in [-0.39, 0.29) is 0 Å². The molecule has 1 unspecified atom stereocenters. The summed E-state index contributed by atoms with van der Waals surface area (Å²) in [6.07, 6.45) is -7.25. The number of hydrogen-bond acceptors (Lipinski definition) is 0. The van der Waals surface area contributed by atoms with Crippen LogP contribution in [0, 0.1) is 6.17 Å². The summed E-state index contributed by atoms with van der Waals surface area (Å²) in [5, 5.41) is 0. The van der Waals surface area contributed by atoms with E-state index in [1.807, 2.05) is 0 Å². The molecule has 0 nitrogen and oxygen atoms in total. The third-order valence-electron chi connectivity index (χ3n) is 1.31. The van der Waals surface area contributed by atoms with Gasteiger partial charge in [-0.3, -0.25) is 0 Å². The third kappa shape index (κ3) is 2.48. The summed E-state index contributed by atoms with van der Waals surface area (Å²) in [4.78, 5) is 0. The molecule has 0 N–H and O–H groups in total. The fourth-order valence-corrected chi connectivity index (χ4v) is 0.537. The maximum Gasteiger partial charge on any atom is 0.324 e. The van der Waals surface area contributed by atoms with E-state index in [1.54, 1.807) is 0 Å². The molecule has 0 aliphatic heterocycles. The summed E-state index contributed by atoms with van der Waals surface area (Å²) in [6, 6.07) is 0. The van der Waals surface area contributed by atoms with Crippen molar-refractivity contribution in [1.29, 1.82) is 0 Å². The molecule has 8 heteroatoms. The van der Waals surface area contributed by atoms with E-state index in [1.165, 1.54) is 0 Å². The lowest BCUT2D eigenvalue weighted by Crippen LogP contribution is -2.45. The van der Waals surface area contributed by atoms with Crippen molar-refractivity contribution in [3.8, 4) is 0 Å². The lowest BCUT2D eigenvalue weighted by atomic mass is 10.0. The molecule has 0 saturated heterocycles. The quantitative estimate of drug-likeness (QED) is 0.635. The van der Waals surface area contributed by atoms with Gasteiger partial charge in [0.2, 0.25) is 0 Å². The summed E-state index contributed by atoms with van der Waals surface area (Å²) >= 11 is 0. The van der Waals surface area contributed by atoms with Gasteiger partial charge in [-0.25, -0.2) is 17.6 Å². The van der Waals surface area contributed by atoms with Crippen molar-refractivity contribution < 1.29 is 35.1 Å². The first-order valence-electron chi connectivity index (χ1n) is 3.25. The normalized spacial score (nSPS) is 16.1. The number of alkyl halides is 7. The molecule has 0 aromatic carbocycles.